The third-order valence-electron chi connectivity index (χ3n) is 1.70. The summed E-state index contributed by atoms with van der Waals surface area (Å²) in [7, 11) is 1.74. The maximum atomic E-state index is 5.12. The standard InChI is InChI=1S/C7H13NO/c1-7(9-2)8-5-3-4-6-8/h3-4,7H,5-6H2,1-2H3. The van der Waals surface area contributed by atoms with Gasteiger partial charge in [-0.3, -0.25) is 4.90 Å². The van der Waals surface area contributed by atoms with Gasteiger partial charge >= 0.3 is 0 Å². The first kappa shape index (κ1) is 6.78. The summed E-state index contributed by atoms with van der Waals surface area (Å²) >= 11 is 0. The predicted octanol–water partition coefficient (Wildman–Crippen LogP) is 0.851. The smallest absolute Gasteiger partial charge is 0.107 e. The Morgan fingerprint density at radius 3 is 2.44 bits per heavy atom. The SMILES string of the molecule is COC(C)N1CC=CC1. The number of hydrogen-bond acceptors (Lipinski definition) is 2. The first-order valence-electron chi connectivity index (χ1n) is 3.26. The van der Waals surface area contributed by atoms with Crippen molar-refractivity contribution in [3.8, 4) is 0 Å². The van der Waals surface area contributed by atoms with Gasteiger partial charge in [0, 0.05) is 20.2 Å². The molecule has 0 saturated carbocycles. The van der Waals surface area contributed by atoms with Gasteiger partial charge in [-0.15, -0.1) is 0 Å². The Labute approximate surface area is 56.1 Å². The molecule has 1 aliphatic rings. The van der Waals surface area contributed by atoms with Gasteiger partial charge in [-0.05, 0) is 6.92 Å². The fourth-order valence-corrected chi connectivity index (χ4v) is 0.940. The van der Waals surface area contributed by atoms with Gasteiger partial charge in [0.1, 0.15) is 6.23 Å². The Bertz CT molecular complexity index is 103. The zero-order chi connectivity index (χ0) is 6.69. The highest BCUT2D eigenvalue weighted by Gasteiger charge is 2.12. The van der Waals surface area contributed by atoms with Crippen LogP contribution >= 0.6 is 0 Å². The molecular weight excluding hydrogens is 114 g/mol. The van der Waals surface area contributed by atoms with E-state index in [-0.39, 0.29) is 6.23 Å². The molecule has 2 heteroatoms. The van der Waals surface area contributed by atoms with E-state index in [2.05, 4.69) is 24.0 Å². The lowest BCUT2D eigenvalue weighted by Gasteiger charge is -2.21. The van der Waals surface area contributed by atoms with Crippen molar-refractivity contribution in [3.05, 3.63) is 12.2 Å². The second-order valence-corrected chi connectivity index (χ2v) is 2.26. The molecule has 0 N–H and O–H groups in total. The molecular formula is C7H13NO. The largest absolute Gasteiger partial charge is 0.367 e. The van der Waals surface area contributed by atoms with Gasteiger partial charge in [0.05, 0.1) is 0 Å². The van der Waals surface area contributed by atoms with Gasteiger partial charge in [0.15, 0.2) is 0 Å². The van der Waals surface area contributed by atoms with Crippen molar-refractivity contribution in [2.45, 2.75) is 13.2 Å². The number of nitrogens with zero attached hydrogens (tertiary/aromatic N) is 1. The lowest BCUT2D eigenvalue weighted by Crippen LogP contribution is -2.31. The van der Waals surface area contributed by atoms with E-state index < -0.39 is 0 Å². The zero-order valence-corrected chi connectivity index (χ0v) is 6.00. The number of ether oxygens (including phenoxy) is 1. The molecule has 0 spiro atoms. The molecule has 0 aromatic heterocycles. The lowest BCUT2D eigenvalue weighted by molar-refractivity contribution is -0.00164. The van der Waals surface area contributed by atoms with Crippen molar-refractivity contribution in [2.24, 2.45) is 0 Å². The first-order valence-corrected chi connectivity index (χ1v) is 3.26. The van der Waals surface area contributed by atoms with Gasteiger partial charge in [0.2, 0.25) is 0 Å². The average Bonchev–Trinajstić information content (AvgIpc) is 2.37. The highest BCUT2D eigenvalue weighted by molar-refractivity contribution is 4.95. The fourth-order valence-electron chi connectivity index (χ4n) is 0.940. The van der Waals surface area contributed by atoms with Crippen LogP contribution < -0.4 is 0 Å². The molecule has 0 aliphatic carbocycles. The van der Waals surface area contributed by atoms with Gasteiger partial charge in [-0.25, -0.2) is 0 Å². The van der Waals surface area contributed by atoms with Crippen molar-refractivity contribution in [3.63, 3.8) is 0 Å². The minimum Gasteiger partial charge on any atom is -0.367 e. The Hall–Kier alpha value is -0.340. The minimum absolute atomic E-state index is 0.264. The molecule has 0 saturated heterocycles. The highest BCUT2D eigenvalue weighted by Crippen LogP contribution is 2.04. The molecule has 9 heavy (non-hydrogen) atoms. The molecule has 2 nitrogen and oxygen atoms in total. The molecule has 0 fully saturated rings. The summed E-state index contributed by atoms with van der Waals surface area (Å²) in [5.74, 6) is 0. The third-order valence-corrected chi connectivity index (χ3v) is 1.70. The van der Waals surface area contributed by atoms with E-state index in [1.165, 1.54) is 0 Å². The van der Waals surface area contributed by atoms with E-state index in [0.29, 0.717) is 0 Å². The Morgan fingerprint density at radius 1 is 1.44 bits per heavy atom. The normalized spacial score (nSPS) is 22.9. The summed E-state index contributed by atoms with van der Waals surface area (Å²) in [5, 5.41) is 0. The van der Waals surface area contributed by atoms with Crippen molar-refractivity contribution < 1.29 is 4.74 Å². The number of hydrogen-bond donors (Lipinski definition) is 0. The monoisotopic (exact) mass is 127 g/mol. The Morgan fingerprint density at radius 2 is 2.00 bits per heavy atom. The molecule has 0 aromatic rings. The van der Waals surface area contributed by atoms with Crippen LogP contribution in [0.2, 0.25) is 0 Å². The minimum atomic E-state index is 0.264. The Balaban J connectivity index is 2.27. The molecule has 1 unspecified atom stereocenters. The topological polar surface area (TPSA) is 12.5 Å². The fraction of sp³-hybridized carbons (Fsp3) is 0.714. The van der Waals surface area contributed by atoms with Gasteiger partial charge in [0.25, 0.3) is 0 Å². The predicted molar refractivity (Wildman–Crippen MR) is 37.2 cm³/mol. The van der Waals surface area contributed by atoms with E-state index in [0.717, 1.165) is 13.1 Å². The first-order chi connectivity index (χ1) is 4.34. The summed E-state index contributed by atoms with van der Waals surface area (Å²) < 4.78 is 5.12. The average molecular weight is 127 g/mol. The summed E-state index contributed by atoms with van der Waals surface area (Å²) in [6.45, 7) is 4.14. The summed E-state index contributed by atoms with van der Waals surface area (Å²) in [6, 6.07) is 0. The van der Waals surface area contributed by atoms with E-state index in [1.54, 1.807) is 7.11 Å². The molecule has 1 rings (SSSR count). The number of rotatable bonds is 2. The van der Waals surface area contributed by atoms with Gasteiger partial charge in [-0.2, -0.15) is 0 Å². The van der Waals surface area contributed by atoms with Crippen LogP contribution in [0, 0.1) is 0 Å². The van der Waals surface area contributed by atoms with Gasteiger partial charge in [-0.1, -0.05) is 12.2 Å². The molecule has 1 heterocycles. The lowest BCUT2D eigenvalue weighted by atomic mass is 10.5. The second-order valence-electron chi connectivity index (χ2n) is 2.26. The highest BCUT2D eigenvalue weighted by atomic mass is 16.5. The van der Waals surface area contributed by atoms with Crippen molar-refractivity contribution in [2.75, 3.05) is 20.2 Å². The second kappa shape index (κ2) is 2.99. The van der Waals surface area contributed by atoms with Crippen LogP contribution in [-0.4, -0.2) is 31.3 Å². The molecule has 0 amide bonds. The summed E-state index contributed by atoms with van der Waals surface area (Å²) in [4.78, 5) is 2.25. The van der Waals surface area contributed by atoms with Crippen LogP contribution in [0.3, 0.4) is 0 Å². The molecule has 52 valence electrons. The van der Waals surface area contributed by atoms with E-state index in [9.17, 15) is 0 Å². The summed E-state index contributed by atoms with van der Waals surface area (Å²) in [5.41, 5.74) is 0. The molecule has 0 aromatic carbocycles. The van der Waals surface area contributed by atoms with Crippen LogP contribution in [0.25, 0.3) is 0 Å². The van der Waals surface area contributed by atoms with Crippen molar-refractivity contribution in [1.29, 1.82) is 0 Å². The number of methoxy groups -OCH3 is 1. The maximum absolute atomic E-state index is 5.12. The Kier molecular flexibility index (Phi) is 2.25. The zero-order valence-electron chi connectivity index (χ0n) is 6.00. The van der Waals surface area contributed by atoms with E-state index >= 15 is 0 Å². The van der Waals surface area contributed by atoms with Crippen molar-refractivity contribution >= 4 is 0 Å². The maximum Gasteiger partial charge on any atom is 0.107 e. The van der Waals surface area contributed by atoms with Gasteiger partial charge < -0.3 is 4.74 Å². The molecule has 0 radical (unpaired) electrons. The quantitative estimate of drug-likeness (QED) is 0.510. The van der Waals surface area contributed by atoms with Crippen LogP contribution in [0.15, 0.2) is 12.2 Å². The molecule has 1 aliphatic heterocycles. The van der Waals surface area contributed by atoms with Crippen LogP contribution in [0.5, 0.6) is 0 Å². The van der Waals surface area contributed by atoms with E-state index in [1.807, 2.05) is 0 Å². The van der Waals surface area contributed by atoms with Crippen molar-refractivity contribution in [1.82, 2.24) is 4.90 Å². The third kappa shape index (κ3) is 1.53. The molecule has 1 atom stereocenters. The summed E-state index contributed by atoms with van der Waals surface area (Å²) in [6.07, 6.45) is 4.59. The van der Waals surface area contributed by atoms with Crippen LogP contribution in [0.1, 0.15) is 6.92 Å². The van der Waals surface area contributed by atoms with Crippen LogP contribution in [0.4, 0.5) is 0 Å². The van der Waals surface area contributed by atoms with E-state index in [4.69, 9.17) is 4.74 Å². The molecule has 0 bridgehead atoms. The van der Waals surface area contributed by atoms with Crippen LogP contribution in [-0.2, 0) is 4.74 Å².